The number of rotatable bonds is 3. The third kappa shape index (κ3) is 3.23. The zero-order chi connectivity index (χ0) is 18.3. The molecule has 1 aliphatic rings. The van der Waals surface area contributed by atoms with Gasteiger partial charge in [-0.2, -0.15) is 18.2 Å². The van der Waals surface area contributed by atoms with E-state index in [9.17, 15) is 18.0 Å². The lowest BCUT2D eigenvalue weighted by Crippen LogP contribution is -2.36. The number of hydrogen-bond acceptors (Lipinski definition) is 7. The van der Waals surface area contributed by atoms with Crippen molar-refractivity contribution in [1.82, 2.24) is 20.0 Å². The van der Waals surface area contributed by atoms with Crippen LogP contribution < -0.4 is 0 Å². The highest BCUT2D eigenvalue weighted by Gasteiger charge is 2.39. The molecule has 0 fully saturated rings. The molecule has 0 bridgehead atoms. The second-order valence-electron chi connectivity index (χ2n) is 5.69. The smallest absolute Gasteiger partial charge is 0.338 e. The Morgan fingerprint density at radius 2 is 2.19 bits per heavy atom. The molecule has 4 heterocycles. The van der Waals surface area contributed by atoms with Gasteiger partial charge in [0, 0.05) is 34.3 Å². The number of carbonyl (C=O) groups excluding carboxylic acids is 1. The topological polar surface area (TPSA) is 72.1 Å². The minimum absolute atomic E-state index is 0.0669. The van der Waals surface area contributed by atoms with Crippen LogP contribution in [0, 0.1) is 0 Å². The molecule has 6 nitrogen and oxygen atoms in total. The molecule has 0 saturated carbocycles. The van der Waals surface area contributed by atoms with Gasteiger partial charge in [-0.1, -0.05) is 5.16 Å². The molecule has 1 amide bonds. The summed E-state index contributed by atoms with van der Waals surface area (Å²) in [4.78, 5) is 22.7. The van der Waals surface area contributed by atoms with Crippen LogP contribution in [0.25, 0.3) is 11.4 Å². The summed E-state index contributed by atoms with van der Waals surface area (Å²) in [6, 6.07) is 0. The highest BCUT2D eigenvalue weighted by Crippen LogP contribution is 2.36. The van der Waals surface area contributed by atoms with Gasteiger partial charge in [-0.3, -0.25) is 4.79 Å². The molecule has 0 aromatic carbocycles. The Morgan fingerprint density at radius 3 is 2.88 bits per heavy atom. The predicted octanol–water partition coefficient (Wildman–Crippen LogP) is 3.40. The molecule has 0 unspecified atom stereocenters. The number of carbonyl (C=O) groups is 1. The molecule has 11 heteroatoms. The molecule has 136 valence electrons. The van der Waals surface area contributed by atoms with Crippen LogP contribution in [0.4, 0.5) is 13.2 Å². The number of amides is 1. The van der Waals surface area contributed by atoms with Gasteiger partial charge < -0.3 is 9.42 Å². The van der Waals surface area contributed by atoms with Crippen molar-refractivity contribution in [2.75, 3.05) is 6.54 Å². The molecule has 26 heavy (non-hydrogen) atoms. The Morgan fingerprint density at radius 1 is 1.35 bits per heavy atom. The Balaban J connectivity index is 1.56. The third-order valence-corrected chi connectivity index (χ3v) is 5.74. The molecule has 4 rings (SSSR count). The fourth-order valence-electron chi connectivity index (χ4n) is 2.75. The van der Waals surface area contributed by atoms with E-state index in [2.05, 4.69) is 19.6 Å². The number of fused-ring (bicyclic) bond motifs is 1. The Hall–Kier alpha value is -2.27. The number of thiophene rings is 1. The van der Waals surface area contributed by atoms with Crippen molar-refractivity contribution in [3.63, 3.8) is 0 Å². The third-order valence-electron chi connectivity index (χ3n) is 4.02. The molecule has 0 radical (unpaired) electrons. The average Bonchev–Trinajstić information content (AvgIpc) is 3.33. The van der Waals surface area contributed by atoms with Crippen LogP contribution >= 0.6 is 22.7 Å². The monoisotopic (exact) mass is 400 g/mol. The SMILES string of the molecule is O=C(Cc1cscn1)N1CCc2scc(-c3noc(C(F)(F)F)n3)c2C1. The quantitative estimate of drug-likeness (QED) is 0.674. The molecule has 3 aromatic rings. The lowest BCUT2D eigenvalue weighted by Gasteiger charge is -2.27. The van der Waals surface area contributed by atoms with E-state index in [1.165, 1.54) is 22.7 Å². The van der Waals surface area contributed by atoms with Crippen LogP contribution in [0.15, 0.2) is 20.8 Å². The van der Waals surface area contributed by atoms with Gasteiger partial charge in [0.25, 0.3) is 0 Å². The van der Waals surface area contributed by atoms with Gasteiger partial charge in [0.05, 0.1) is 17.6 Å². The largest absolute Gasteiger partial charge is 0.471 e. The van der Waals surface area contributed by atoms with Crippen molar-refractivity contribution in [3.05, 3.63) is 38.3 Å². The first-order chi connectivity index (χ1) is 12.4. The van der Waals surface area contributed by atoms with Crippen LogP contribution in [0.5, 0.6) is 0 Å². The van der Waals surface area contributed by atoms with Gasteiger partial charge in [-0.05, 0) is 12.0 Å². The number of nitrogens with zero attached hydrogens (tertiary/aromatic N) is 4. The molecule has 0 aliphatic carbocycles. The highest BCUT2D eigenvalue weighted by molar-refractivity contribution is 7.10. The van der Waals surface area contributed by atoms with E-state index >= 15 is 0 Å². The molecule has 3 aromatic heterocycles. The van der Waals surface area contributed by atoms with Crippen LogP contribution in [-0.4, -0.2) is 32.5 Å². The maximum absolute atomic E-state index is 12.7. The number of thiazole rings is 1. The molecule has 0 saturated heterocycles. The van der Waals surface area contributed by atoms with Crippen LogP contribution in [-0.2, 0) is 30.4 Å². The van der Waals surface area contributed by atoms with Crippen LogP contribution in [0.1, 0.15) is 22.0 Å². The minimum Gasteiger partial charge on any atom is -0.338 e. The van der Waals surface area contributed by atoms with E-state index in [1.807, 2.05) is 5.38 Å². The van der Waals surface area contributed by atoms with Gasteiger partial charge in [0.1, 0.15) is 0 Å². The Labute approximate surface area is 153 Å². The minimum atomic E-state index is -4.68. The van der Waals surface area contributed by atoms with Gasteiger partial charge >= 0.3 is 12.1 Å². The summed E-state index contributed by atoms with van der Waals surface area (Å²) in [6.07, 6.45) is -3.83. The maximum atomic E-state index is 12.7. The van der Waals surface area contributed by atoms with Crippen LogP contribution in [0.2, 0.25) is 0 Å². The summed E-state index contributed by atoms with van der Waals surface area (Å²) in [7, 11) is 0. The van der Waals surface area contributed by atoms with E-state index < -0.39 is 12.1 Å². The van der Waals surface area contributed by atoms with Crippen LogP contribution in [0.3, 0.4) is 0 Å². The fraction of sp³-hybridized carbons (Fsp3) is 0.333. The zero-order valence-electron chi connectivity index (χ0n) is 13.1. The Bertz CT molecular complexity index is 933. The number of halogens is 3. The second-order valence-corrected chi connectivity index (χ2v) is 7.38. The van der Waals surface area contributed by atoms with Crippen molar-refractivity contribution in [2.45, 2.75) is 25.6 Å². The molecule has 0 spiro atoms. The van der Waals surface area contributed by atoms with Gasteiger partial charge in [0.2, 0.25) is 11.7 Å². The molecule has 0 N–H and O–H groups in total. The van der Waals surface area contributed by atoms with E-state index in [0.717, 1.165) is 10.4 Å². The highest BCUT2D eigenvalue weighted by atomic mass is 32.1. The summed E-state index contributed by atoms with van der Waals surface area (Å²) in [5.41, 5.74) is 3.64. The molecular weight excluding hydrogens is 389 g/mol. The zero-order valence-corrected chi connectivity index (χ0v) is 14.7. The summed E-state index contributed by atoms with van der Waals surface area (Å²) in [6.45, 7) is 0.878. The van der Waals surface area contributed by atoms with E-state index in [-0.39, 0.29) is 18.2 Å². The normalized spacial score (nSPS) is 14.5. The first kappa shape index (κ1) is 17.2. The standard InChI is InChI=1S/C15H11F3N4O2S2/c16-15(17,18)14-20-13(21-24-14)10-6-26-11-1-2-22(4-9(10)11)12(23)3-8-5-25-7-19-8/h5-7H,1-4H2. The van der Waals surface area contributed by atoms with Gasteiger partial charge in [-0.25, -0.2) is 4.98 Å². The van der Waals surface area contributed by atoms with Crippen molar-refractivity contribution < 1.29 is 22.5 Å². The second kappa shape index (κ2) is 6.47. The average molecular weight is 400 g/mol. The summed E-state index contributed by atoms with van der Waals surface area (Å²) in [5.74, 6) is -1.55. The molecule has 0 atom stereocenters. The maximum Gasteiger partial charge on any atom is 0.471 e. The first-order valence-corrected chi connectivity index (χ1v) is 9.39. The first-order valence-electron chi connectivity index (χ1n) is 7.57. The van der Waals surface area contributed by atoms with Crippen molar-refractivity contribution in [3.8, 4) is 11.4 Å². The van der Waals surface area contributed by atoms with Gasteiger partial charge in [0.15, 0.2) is 0 Å². The molecular formula is C15H11F3N4O2S2. The number of aromatic nitrogens is 3. The number of alkyl halides is 3. The molecule has 1 aliphatic heterocycles. The fourth-order valence-corrected chi connectivity index (χ4v) is 4.34. The van der Waals surface area contributed by atoms with Gasteiger partial charge in [-0.15, -0.1) is 22.7 Å². The summed E-state index contributed by atoms with van der Waals surface area (Å²) >= 11 is 2.85. The number of hydrogen-bond donors (Lipinski definition) is 0. The van der Waals surface area contributed by atoms with E-state index in [0.29, 0.717) is 30.8 Å². The summed E-state index contributed by atoms with van der Waals surface area (Å²) < 4.78 is 42.4. The lowest BCUT2D eigenvalue weighted by atomic mass is 10.0. The predicted molar refractivity (Wildman–Crippen MR) is 87.6 cm³/mol. The van der Waals surface area contributed by atoms with E-state index in [4.69, 9.17) is 0 Å². The van der Waals surface area contributed by atoms with Crippen molar-refractivity contribution in [1.29, 1.82) is 0 Å². The van der Waals surface area contributed by atoms with Crippen molar-refractivity contribution in [2.24, 2.45) is 0 Å². The van der Waals surface area contributed by atoms with E-state index in [1.54, 1.807) is 15.8 Å². The Kier molecular flexibility index (Phi) is 4.27. The lowest BCUT2D eigenvalue weighted by molar-refractivity contribution is -0.159. The summed E-state index contributed by atoms with van der Waals surface area (Å²) in [5, 5.41) is 6.99. The van der Waals surface area contributed by atoms with Crippen molar-refractivity contribution >= 4 is 28.6 Å².